The lowest BCUT2D eigenvalue weighted by atomic mass is 9.95. The van der Waals surface area contributed by atoms with Crippen LogP contribution < -0.4 is 16.3 Å². The smallest absolute Gasteiger partial charge is 0.0535 e. The third-order valence-corrected chi connectivity index (χ3v) is 11.4. The summed E-state index contributed by atoms with van der Waals surface area (Å²) in [5, 5.41) is 0. The summed E-state index contributed by atoms with van der Waals surface area (Å²) in [5.74, 6) is 0. The van der Waals surface area contributed by atoms with Crippen LogP contribution in [0.25, 0.3) is 0 Å². The number of aromatic nitrogens is 3. The minimum Gasteiger partial charge on any atom is -0.344 e. The lowest BCUT2D eigenvalue weighted by Gasteiger charge is -2.33. The molecule has 0 bridgehead atoms. The SMILES string of the molecule is c1cc(P(c2cccn2C2CCCCC2)c2cccn2C2CCCCC2)n(C2CCCCC2)c1. The second-order valence-electron chi connectivity index (χ2n) is 11.0. The van der Waals surface area contributed by atoms with Crippen molar-refractivity contribution in [1.82, 2.24) is 13.7 Å². The Hall–Kier alpha value is -1.73. The van der Waals surface area contributed by atoms with Gasteiger partial charge in [0.25, 0.3) is 0 Å². The monoisotopic (exact) mass is 475 g/mol. The van der Waals surface area contributed by atoms with Gasteiger partial charge in [0.2, 0.25) is 0 Å². The maximum absolute atomic E-state index is 2.71. The lowest BCUT2D eigenvalue weighted by molar-refractivity contribution is 0.356. The molecule has 0 saturated heterocycles. The van der Waals surface area contributed by atoms with Gasteiger partial charge < -0.3 is 13.7 Å². The van der Waals surface area contributed by atoms with Gasteiger partial charge in [0.15, 0.2) is 0 Å². The highest BCUT2D eigenvalue weighted by Gasteiger charge is 2.31. The molecule has 0 amide bonds. The molecule has 0 unspecified atom stereocenters. The molecule has 3 aromatic heterocycles. The van der Waals surface area contributed by atoms with Crippen molar-refractivity contribution in [3.8, 4) is 0 Å². The first-order valence-electron chi connectivity index (χ1n) is 14.2. The van der Waals surface area contributed by atoms with Crippen LogP contribution in [0.3, 0.4) is 0 Å². The number of nitrogens with zero attached hydrogens (tertiary/aromatic N) is 3. The normalized spacial score (nSPS) is 21.4. The molecule has 0 radical (unpaired) electrons. The van der Waals surface area contributed by atoms with Crippen LogP contribution in [0.5, 0.6) is 0 Å². The lowest BCUT2D eigenvalue weighted by Crippen LogP contribution is -2.36. The van der Waals surface area contributed by atoms with Crippen LogP contribution in [0, 0.1) is 0 Å². The van der Waals surface area contributed by atoms with Gasteiger partial charge in [0.1, 0.15) is 0 Å². The first-order valence-corrected chi connectivity index (χ1v) is 15.5. The van der Waals surface area contributed by atoms with E-state index in [1.54, 1.807) is 16.3 Å². The van der Waals surface area contributed by atoms with E-state index in [-0.39, 0.29) is 0 Å². The molecule has 3 nitrogen and oxygen atoms in total. The van der Waals surface area contributed by atoms with E-state index in [1.807, 2.05) is 0 Å². The summed E-state index contributed by atoms with van der Waals surface area (Å²) in [6.07, 6.45) is 27.8. The molecule has 34 heavy (non-hydrogen) atoms. The Morgan fingerprint density at radius 2 is 0.735 bits per heavy atom. The van der Waals surface area contributed by atoms with Crippen LogP contribution in [-0.4, -0.2) is 13.7 Å². The van der Waals surface area contributed by atoms with Crippen molar-refractivity contribution in [1.29, 1.82) is 0 Å². The quantitative estimate of drug-likeness (QED) is 0.331. The molecule has 0 aliphatic heterocycles. The highest BCUT2D eigenvalue weighted by Crippen LogP contribution is 2.40. The molecule has 3 aliphatic rings. The van der Waals surface area contributed by atoms with E-state index in [0.717, 1.165) is 0 Å². The molecule has 3 saturated carbocycles. The minimum atomic E-state index is -0.583. The van der Waals surface area contributed by atoms with E-state index in [0.29, 0.717) is 18.1 Å². The standard InChI is InChI=1S/C30H42N3P/c1-4-13-25(14-5-1)31-22-10-19-28(31)34(29-20-11-23-32(29)26-15-6-2-7-16-26)30-21-12-24-33(30)27-17-8-3-9-18-27/h10-12,19-27H,1-9,13-18H2. The summed E-state index contributed by atoms with van der Waals surface area (Å²) in [5.41, 5.74) is 4.73. The first-order chi connectivity index (χ1) is 16.9. The Labute approximate surface area is 207 Å². The van der Waals surface area contributed by atoms with Crippen LogP contribution in [0.15, 0.2) is 55.0 Å². The van der Waals surface area contributed by atoms with Crippen LogP contribution in [0.4, 0.5) is 0 Å². The molecule has 0 spiro atoms. The van der Waals surface area contributed by atoms with E-state index in [4.69, 9.17) is 0 Å². The molecule has 0 N–H and O–H groups in total. The summed E-state index contributed by atoms with van der Waals surface area (Å²) in [6, 6.07) is 16.5. The third-order valence-electron chi connectivity index (χ3n) is 8.86. The molecular weight excluding hydrogens is 433 g/mol. The summed E-state index contributed by atoms with van der Waals surface area (Å²) in [6.45, 7) is 0. The van der Waals surface area contributed by atoms with E-state index < -0.39 is 7.92 Å². The van der Waals surface area contributed by atoms with Crippen molar-refractivity contribution in [3.63, 3.8) is 0 Å². The molecular formula is C30H42N3P. The van der Waals surface area contributed by atoms with Crippen LogP contribution in [0.2, 0.25) is 0 Å². The van der Waals surface area contributed by atoms with E-state index in [2.05, 4.69) is 68.7 Å². The average Bonchev–Trinajstić information content (AvgIpc) is 3.68. The molecule has 0 aromatic carbocycles. The molecule has 3 aromatic rings. The summed E-state index contributed by atoms with van der Waals surface area (Å²) in [4.78, 5) is 0. The van der Waals surface area contributed by atoms with Crippen molar-refractivity contribution in [2.45, 2.75) is 114 Å². The van der Waals surface area contributed by atoms with Gasteiger partial charge in [0, 0.05) is 44.6 Å². The van der Waals surface area contributed by atoms with Gasteiger partial charge in [-0.3, -0.25) is 0 Å². The Kier molecular flexibility index (Phi) is 7.01. The van der Waals surface area contributed by atoms with Gasteiger partial charge >= 0.3 is 0 Å². The predicted molar refractivity (Wildman–Crippen MR) is 145 cm³/mol. The van der Waals surface area contributed by atoms with Crippen molar-refractivity contribution in [2.24, 2.45) is 0 Å². The maximum atomic E-state index is 2.71. The second-order valence-corrected chi connectivity index (χ2v) is 13.1. The van der Waals surface area contributed by atoms with Gasteiger partial charge in [-0.15, -0.1) is 0 Å². The van der Waals surface area contributed by atoms with Gasteiger partial charge in [-0.1, -0.05) is 57.8 Å². The van der Waals surface area contributed by atoms with E-state index in [9.17, 15) is 0 Å². The van der Waals surface area contributed by atoms with Gasteiger partial charge in [-0.05, 0) is 74.9 Å². The summed E-state index contributed by atoms with van der Waals surface area (Å²) >= 11 is 0. The Bertz CT molecular complexity index is 907. The minimum absolute atomic E-state index is 0.583. The van der Waals surface area contributed by atoms with E-state index in [1.165, 1.54) is 96.3 Å². The Morgan fingerprint density at radius 1 is 0.441 bits per heavy atom. The maximum Gasteiger partial charge on any atom is 0.0535 e. The zero-order valence-electron chi connectivity index (χ0n) is 20.8. The molecule has 3 aliphatic carbocycles. The van der Waals surface area contributed by atoms with Gasteiger partial charge in [-0.2, -0.15) is 0 Å². The van der Waals surface area contributed by atoms with Gasteiger partial charge in [0.05, 0.1) is 16.3 Å². The number of hydrogen-bond donors (Lipinski definition) is 0. The topological polar surface area (TPSA) is 14.8 Å². The van der Waals surface area contributed by atoms with Crippen LogP contribution in [-0.2, 0) is 0 Å². The molecule has 182 valence electrons. The zero-order valence-corrected chi connectivity index (χ0v) is 21.7. The fourth-order valence-corrected chi connectivity index (χ4v) is 9.87. The number of hydrogen-bond acceptors (Lipinski definition) is 0. The fourth-order valence-electron chi connectivity index (χ4n) is 7.08. The highest BCUT2D eigenvalue weighted by molar-refractivity contribution is 7.79. The van der Waals surface area contributed by atoms with Crippen LogP contribution >= 0.6 is 7.92 Å². The molecule has 0 atom stereocenters. The zero-order chi connectivity index (χ0) is 22.7. The largest absolute Gasteiger partial charge is 0.344 e. The molecule has 3 heterocycles. The highest BCUT2D eigenvalue weighted by atomic mass is 31.1. The summed E-state index contributed by atoms with van der Waals surface area (Å²) in [7, 11) is -0.583. The Balaban J connectivity index is 1.45. The third kappa shape index (κ3) is 4.46. The van der Waals surface area contributed by atoms with Crippen molar-refractivity contribution >= 4 is 24.2 Å². The fraction of sp³-hybridized carbons (Fsp3) is 0.600. The van der Waals surface area contributed by atoms with Gasteiger partial charge in [-0.25, -0.2) is 0 Å². The molecule has 4 heteroatoms. The molecule has 3 fully saturated rings. The second kappa shape index (κ2) is 10.5. The van der Waals surface area contributed by atoms with Crippen molar-refractivity contribution < 1.29 is 0 Å². The predicted octanol–water partition coefficient (Wildman–Crippen LogP) is 7.36. The number of rotatable bonds is 6. The average molecular weight is 476 g/mol. The van der Waals surface area contributed by atoms with E-state index >= 15 is 0 Å². The van der Waals surface area contributed by atoms with Crippen molar-refractivity contribution in [2.75, 3.05) is 0 Å². The van der Waals surface area contributed by atoms with Crippen LogP contribution in [0.1, 0.15) is 114 Å². The van der Waals surface area contributed by atoms with Crippen molar-refractivity contribution in [3.05, 3.63) is 55.0 Å². The molecule has 6 rings (SSSR count). The Morgan fingerprint density at radius 3 is 1.03 bits per heavy atom. The first kappa shape index (κ1) is 22.7. The summed E-state index contributed by atoms with van der Waals surface area (Å²) < 4.78 is 8.13.